The van der Waals surface area contributed by atoms with Gasteiger partial charge in [-0.3, -0.25) is 0 Å². The van der Waals surface area contributed by atoms with Crippen molar-refractivity contribution in [3.05, 3.63) is 182 Å². The van der Waals surface area contributed by atoms with E-state index in [1.54, 1.807) is 0 Å². The number of fused-ring (bicyclic) bond motifs is 11. The number of aromatic nitrogens is 1. The van der Waals surface area contributed by atoms with E-state index in [9.17, 15) is 0 Å². The van der Waals surface area contributed by atoms with E-state index in [0.717, 1.165) is 5.52 Å². The van der Waals surface area contributed by atoms with E-state index in [2.05, 4.69) is 187 Å². The van der Waals surface area contributed by atoms with Crippen molar-refractivity contribution in [1.29, 1.82) is 0 Å². The molecule has 0 radical (unpaired) electrons. The van der Waals surface area contributed by atoms with Crippen molar-refractivity contribution in [2.45, 2.75) is 0 Å². The highest BCUT2D eigenvalue weighted by Crippen LogP contribution is 2.46. The van der Waals surface area contributed by atoms with Gasteiger partial charge in [-0.15, -0.1) is 0 Å². The lowest BCUT2D eigenvalue weighted by atomic mass is 9.85. The van der Waals surface area contributed by atoms with E-state index >= 15 is 0 Å². The third-order valence-corrected chi connectivity index (χ3v) is 11.0. The Morgan fingerprint density at radius 2 is 0.784 bits per heavy atom. The largest absolute Gasteiger partial charge is 0.354 e. The first-order valence-corrected chi connectivity index (χ1v) is 17.7. The number of nitrogens with one attached hydrogen (secondary N) is 1. The standard InChI is InChI=1S/C50H31N/c1-2-17-35-31(13-1)14-12-26-36(35)32-15-11-16-33(29-32)47-40-21-6-8-23-42(40)48(43-24-9-7-22-41(43)47)34-27-28-46-45(30-34)49-39-20-5-3-18-37(39)38-19-4-10-25-44(38)50(49)51-46/h1-30,51H. The molecule has 10 aromatic carbocycles. The molecule has 0 unspecified atom stereocenters. The van der Waals surface area contributed by atoms with Crippen LogP contribution in [-0.2, 0) is 0 Å². The van der Waals surface area contributed by atoms with Gasteiger partial charge in [-0.2, -0.15) is 0 Å². The lowest BCUT2D eigenvalue weighted by molar-refractivity contribution is 1.56. The van der Waals surface area contributed by atoms with Gasteiger partial charge in [0, 0.05) is 21.7 Å². The molecule has 51 heavy (non-hydrogen) atoms. The van der Waals surface area contributed by atoms with Gasteiger partial charge < -0.3 is 4.98 Å². The second-order valence-electron chi connectivity index (χ2n) is 13.7. The fourth-order valence-corrected chi connectivity index (χ4v) is 8.77. The van der Waals surface area contributed by atoms with Crippen LogP contribution in [0.5, 0.6) is 0 Å². The van der Waals surface area contributed by atoms with Crippen molar-refractivity contribution >= 4 is 75.7 Å². The van der Waals surface area contributed by atoms with Gasteiger partial charge in [0.05, 0.1) is 5.52 Å². The average Bonchev–Trinajstić information content (AvgIpc) is 3.59. The number of hydrogen-bond acceptors (Lipinski definition) is 0. The van der Waals surface area contributed by atoms with Crippen LogP contribution in [0.15, 0.2) is 182 Å². The monoisotopic (exact) mass is 645 g/mol. The molecule has 0 spiro atoms. The van der Waals surface area contributed by atoms with Crippen LogP contribution in [0.2, 0.25) is 0 Å². The van der Waals surface area contributed by atoms with Crippen molar-refractivity contribution in [3.8, 4) is 33.4 Å². The van der Waals surface area contributed by atoms with Crippen LogP contribution >= 0.6 is 0 Å². The summed E-state index contributed by atoms with van der Waals surface area (Å²) in [6.45, 7) is 0. The third-order valence-electron chi connectivity index (χ3n) is 11.0. The van der Waals surface area contributed by atoms with E-state index in [1.807, 2.05) is 0 Å². The van der Waals surface area contributed by atoms with Crippen LogP contribution in [0.1, 0.15) is 0 Å². The Morgan fingerprint density at radius 3 is 1.47 bits per heavy atom. The van der Waals surface area contributed by atoms with E-state index in [-0.39, 0.29) is 0 Å². The number of hydrogen-bond donors (Lipinski definition) is 1. The van der Waals surface area contributed by atoms with E-state index in [4.69, 9.17) is 0 Å². The summed E-state index contributed by atoms with van der Waals surface area (Å²) in [4.78, 5) is 3.83. The Morgan fingerprint density at radius 1 is 0.294 bits per heavy atom. The van der Waals surface area contributed by atoms with Gasteiger partial charge in [-0.1, -0.05) is 164 Å². The Kier molecular flexibility index (Phi) is 6.02. The summed E-state index contributed by atoms with van der Waals surface area (Å²) in [7, 11) is 0. The summed E-state index contributed by atoms with van der Waals surface area (Å²) in [6.07, 6.45) is 0. The molecule has 0 fully saturated rings. The highest BCUT2D eigenvalue weighted by Gasteiger charge is 2.19. The second kappa shape index (κ2) is 10.9. The molecule has 11 aromatic rings. The molecule has 0 amide bonds. The van der Waals surface area contributed by atoms with Gasteiger partial charge >= 0.3 is 0 Å². The van der Waals surface area contributed by atoms with Crippen LogP contribution in [0.3, 0.4) is 0 Å². The zero-order chi connectivity index (χ0) is 33.5. The van der Waals surface area contributed by atoms with E-state index in [1.165, 1.54) is 104 Å². The molecule has 0 atom stereocenters. The molecule has 0 aliphatic carbocycles. The van der Waals surface area contributed by atoms with Crippen LogP contribution in [0.4, 0.5) is 0 Å². The van der Waals surface area contributed by atoms with Gasteiger partial charge in [0.15, 0.2) is 0 Å². The SMILES string of the molecule is c1cc(-c2cccc3ccccc23)cc(-c2c3ccccc3c(-c3ccc4[nH]c5c6ccccc6c6ccccc6c5c4c3)c3ccccc23)c1. The lowest BCUT2D eigenvalue weighted by Gasteiger charge is -2.18. The number of benzene rings is 10. The summed E-state index contributed by atoms with van der Waals surface area (Å²) in [6, 6.07) is 66.9. The Balaban J connectivity index is 1.19. The van der Waals surface area contributed by atoms with Crippen molar-refractivity contribution in [2.75, 3.05) is 0 Å². The maximum absolute atomic E-state index is 3.83. The quantitative estimate of drug-likeness (QED) is 0.145. The molecule has 0 saturated carbocycles. The third kappa shape index (κ3) is 4.16. The molecule has 0 bridgehead atoms. The van der Waals surface area contributed by atoms with E-state index < -0.39 is 0 Å². The predicted molar refractivity (Wildman–Crippen MR) is 220 cm³/mol. The van der Waals surface area contributed by atoms with Crippen LogP contribution in [0.25, 0.3) is 109 Å². The Bertz CT molecular complexity index is 3130. The number of H-pyrrole nitrogens is 1. The zero-order valence-electron chi connectivity index (χ0n) is 27.8. The molecular formula is C50H31N. The first kappa shape index (κ1) is 28.2. The molecule has 1 heterocycles. The minimum absolute atomic E-state index is 1.16. The van der Waals surface area contributed by atoms with Gasteiger partial charge in [-0.25, -0.2) is 0 Å². The molecule has 1 nitrogen and oxygen atoms in total. The zero-order valence-corrected chi connectivity index (χ0v) is 27.8. The molecule has 236 valence electrons. The highest BCUT2D eigenvalue weighted by molar-refractivity contribution is 6.32. The lowest BCUT2D eigenvalue weighted by Crippen LogP contribution is -1.91. The van der Waals surface area contributed by atoms with E-state index in [0.29, 0.717) is 0 Å². The summed E-state index contributed by atoms with van der Waals surface area (Å²) in [5.74, 6) is 0. The van der Waals surface area contributed by atoms with Crippen molar-refractivity contribution in [1.82, 2.24) is 4.98 Å². The number of rotatable bonds is 3. The van der Waals surface area contributed by atoms with Crippen molar-refractivity contribution in [2.24, 2.45) is 0 Å². The summed E-state index contributed by atoms with van der Waals surface area (Å²) >= 11 is 0. The topological polar surface area (TPSA) is 15.8 Å². The first-order chi connectivity index (χ1) is 25.3. The normalized spacial score (nSPS) is 11.9. The smallest absolute Gasteiger partial charge is 0.0551 e. The fraction of sp³-hybridized carbons (Fsp3) is 0. The molecule has 0 saturated heterocycles. The molecule has 0 aliphatic rings. The minimum Gasteiger partial charge on any atom is -0.354 e. The predicted octanol–water partition coefficient (Wildman–Crippen LogP) is 14.1. The molecule has 1 aromatic heterocycles. The minimum atomic E-state index is 1.16. The van der Waals surface area contributed by atoms with Crippen molar-refractivity contribution < 1.29 is 0 Å². The van der Waals surface area contributed by atoms with Crippen LogP contribution in [0, 0.1) is 0 Å². The Hall–Kier alpha value is -6.70. The number of aromatic amines is 1. The molecule has 1 N–H and O–H groups in total. The van der Waals surface area contributed by atoms with Gasteiger partial charge in [0.1, 0.15) is 0 Å². The second-order valence-corrected chi connectivity index (χ2v) is 13.7. The van der Waals surface area contributed by atoms with Crippen LogP contribution in [-0.4, -0.2) is 4.98 Å². The molecule has 1 heteroatoms. The average molecular weight is 646 g/mol. The Labute approximate surface area is 295 Å². The molecular weight excluding hydrogens is 615 g/mol. The van der Waals surface area contributed by atoms with Gasteiger partial charge in [0.25, 0.3) is 0 Å². The summed E-state index contributed by atoms with van der Waals surface area (Å²) in [5, 5.41) is 15.2. The summed E-state index contributed by atoms with van der Waals surface area (Å²) < 4.78 is 0. The highest BCUT2D eigenvalue weighted by atomic mass is 14.7. The molecule has 0 aliphatic heterocycles. The summed E-state index contributed by atoms with van der Waals surface area (Å²) in [5.41, 5.74) is 9.85. The molecule has 11 rings (SSSR count). The first-order valence-electron chi connectivity index (χ1n) is 17.7. The van der Waals surface area contributed by atoms with Gasteiger partial charge in [0.2, 0.25) is 0 Å². The fourth-order valence-electron chi connectivity index (χ4n) is 8.77. The maximum atomic E-state index is 3.83. The van der Waals surface area contributed by atoms with Crippen molar-refractivity contribution in [3.63, 3.8) is 0 Å². The van der Waals surface area contributed by atoms with Gasteiger partial charge in [-0.05, 0) is 100 Å². The van der Waals surface area contributed by atoms with Crippen LogP contribution < -0.4 is 0 Å². The maximum Gasteiger partial charge on any atom is 0.0551 e.